The Morgan fingerprint density at radius 2 is 1.64 bits per heavy atom. The molecule has 0 heterocycles. The quantitative estimate of drug-likeness (QED) is 0.592. The third-order valence-electron chi connectivity index (χ3n) is 3.34. The van der Waals surface area contributed by atoms with Gasteiger partial charge in [0, 0.05) is 6.54 Å². The fourth-order valence-corrected chi connectivity index (χ4v) is 2.25. The van der Waals surface area contributed by atoms with Crippen LogP contribution in [-0.4, -0.2) is 13.1 Å². The summed E-state index contributed by atoms with van der Waals surface area (Å²) in [4.78, 5) is 0. The van der Waals surface area contributed by atoms with Gasteiger partial charge in [-0.3, -0.25) is 0 Å². The summed E-state index contributed by atoms with van der Waals surface area (Å²) in [7, 11) is 0. The molecule has 0 aliphatic carbocycles. The molecule has 0 saturated heterocycles. The molecule has 0 fully saturated rings. The van der Waals surface area contributed by atoms with Gasteiger partial charge in [-0.05, 0) is 31.2 Å². The van der Waals surface area contributed by atoms with Gasteiger partial charge in [-0.15, -0.1) is 0 Å². The van der Waals surface area contributed by atoms with E-state index in [0.29, 0.717) is 5.41 Å². The van der Waals surface area contributed by atoms with Crippen molar-refractivity contribution in [3.63, 3.8) is 0 Å². The van der Waals surface area contributed by atoms with Crippen LogP contribution in [0.5, 0.6) is 0 Å². The Labute approximate surface area is 90.7 Å². The van der Waals surface area contributed by atoms with Gasteiger partial charge in [0.05, 0.1) is 0 Å². The molecule has 0 aliphatic rings. The molecule has 14 heavy (non-hydrogen) atoms. The summed E-state index contributed by atoms with van der Waals surface area (Å²) in [5.74, 6) is 0. The zero-order chi connectivity index (χ0) is 10.9. The van der Waals surface area contributed by atoms with Gasteiger partial charge < -0.3 is 5.32 Å². The normalized spacial score (nSPS) is 15.4. The molecule has 1 heteroatoms. The lowest BCUT2D eigenvalue weighted by Crippen LogP contribution is -2.33. The van der Waals surface area contributed by atoms with Crippen LogP contribution >= 0.6 is 0 Å². The smallest absolute Gasteiger partial charge is 0.000759 e. The molecule has 0 aromatic rings. The van der Waals surface area contributed by atoms with Crippen LogP contribution in [0.4, 0.5) is 0 Å². The van der Waals surface area contributed by atoms with Crippen LogP contribution in [0, 0.1) is 5.41 Å². The zero-order valence-corrected chi connectivity index (χ0v) is 10.7. The summed E-state index contributed by atoms with van der Waals surface area (Å²) in [6.07, 6.45) is 8.16. The Hall–Kier alpha value is -0.0400. The predicted molar refractivity (Wildman–Crippen MR) is 65.7 cm³/mol. The first-order valence-electron chi connectivity index (χ1n) is 6.45. The highest BCUT2D eigenvalue weighted by atomic mass is 14.9. The van der Waals surface area contributed by atoms with Gasteiger partial charge in [-0.1, -0.05) is 47.0 Å². The number of unbranched alkanes of at least 4 members (excludes halogenated alkanes) is 1. The van der Waals surface area contributed by atoms with E-state index in [1.165, 1.54) is 45.1 Å². The van der Waals surface area contributed by atoms with Crippen LogP contribution in [0.2, 0.25) is 0 Å². The van der Waals surface area contributed by atoms with Gasteiger partial charge in [-0.2, -0.15) is 0 Å². The molecular weight excluding hydrogens is 170 g/mol. The van der Waals surface area contributed by atoms with Crippen molar-refractivity contribution in [1.29, 1.82) is 0 Å². The number of rotatable bonds is 9. The number of nitrogens with one attached hydrogen (secondary N) is 1. The molecule has 0 radical (unpaired) electrons. The van der Waals surface area contributed by atoms with Gasteiger partial charge in [0.15, 0.2) is 0 Å². The second-order valence-corrected chi connectivity index (χ2v) is 4.49. The van der Waals surface area contributed by atoms with E-state index in [1.807, 2.05) is 0 Å². The molecule has 0 aliphatic heterocycles. The fraction of sp³-hybridized carbons (Fsp3) is 1.00. The minimum absolute atomic E-state index is 0.584. The van der Waals surface area contributed by atoms with E-state index in [0.717, 1.165) is 6.54 Å². The molecule has 1 unspecified atom stereocenters. The average molecular weight is 199 g/mol. The van der Waals surface area contributed by atoms with Crippen LogP contribution in [0.1, 0.15) is 66.2 Å². The van der Waals surface area contributed by atoms with Crippen molar-refractivity contribution in [3.8, 4) is 0 Å². The van der Waals surface area contributed by atoms with E-state index in [4.69, 9.17) is 0 Å². The van der Waals surface area contributed by atoms with Crippen LogP contribution in [0.15, 0.2) is 0 Å². The van der Waals surface area contributed by atoms with Gasteiger partial charge in [0.1, 0.15) is 0 Å². The third-order valence-corrected chi connectivity index (χ3v) is 3.34. The summed E-state index contributed by atoms with van der Waals surface area (Å²) < 4.78 is 0. The second kappa shape index (κ2) is 8.28. The SMILES string of the molecule is CCCCC(CC)(CCC)CNCC. The van der Waals surface area contributed by atoms with E-state index >= 15 is 0 Å². The minimum Gasteiger partial charge on any atom is -0.316 e. The first-order valence-corrected chi connectivity index (χ1v) is 6.45. The Balaban J connectivity index is 4.11. The van der Waals surface area contributed by atoms with Crippen LogP contribution in [0.25, 0.3) is 0 Å². The molecule has 1 atom stereocenters. The Morgan fingerprint density at radius 1 is 0.929 bits per heavy atom. The van der Waals surface area contributed by atoms with Crippen LogP contribution in [-0.2, 0) is 0 Å². The molecule has 0 aromatic carbocycles. The molecule has 0 amide bonds. The third kappa shape index (κ3) is 4.99. The van der Waals surface area contributed by atoms with E-state index < -0.39 is 0 Å². The maximum absolute atomic E-state index is 3.53. The Morgan fingerprint density at radius 3 is 2.07 bits per heavy atom. The first kappa shape index (κ1) is 14.0. The van der Waals surface area contributed by atoms with E-state index in [1.54, 1.807) is 0 Å². The molecule has 0 spiro atoms. The van der Waals surface area contributed by atoms with Crippen molar-refractivity contribution >= 4 is 0 Å². The van der Waals surface area contributed by atoms with E-state index in [-0.39, 0.29) is 0 Å². The largest absolute Gasteiger partial charge is 0.316 e. The van der Waals surface area contributed by atoms with Gasteiger partial charge >= 0.3 is 0 Å². The Bertz CT molecular complexity index is 112. The van der Waals surface area contributed by atoms with Crippen molar-refractivity contribution in [2.24, 2.45) is 5.41 Å². The lowest BCUT2D eigenvalue weighted by Gasteiger charge is -2.33. The van der Waals surface area contributed by atoms with E-state index in [9.17, 15) is 0 Å². The number of hydrogen-bond acceptors (Lipinski definition) is 1. The highest BCUT2D eigenvalue weighted by Gasteiger charge is 2.25. The summed E-state index contributed by atoms with van der Waals surface area (Å²) in [5, 5.41) is 3.53. The lowest BCUT2D eigenvalue weighted by atomic mass is 9.76. The minimum atomic E-state index is 0.584. The van der Waals surface area contributed by atoms with Gasteiger partial charge in [-0.25, -0.2) is 0 Å². The molecule has 0 aromatic heterocycles. The summed E-state index contributed by atoms with van der Waals surface area (Å²) in [6.45, 7) is 11.5. The maximum Gasteiger partial charge on any atom is 0.000759 e. The van der Waals surface area contributed by atoms with Crippen LogP contribution < -0.4 is 5.32 Å². The van der Waals surface area contributed by atoms with Gasteiger partial charge in [0.25, 0.3) is 0 Å². The van der Waals surface area contributed by atoms with Crippen molar-refractivity contribution in [2.45, 2.75) is 66.2 Å². The fourth-order valence-electron chi connectivity index (χ4n) is 2.25. The maximum atomic E-state index is 3.53. The standard InChI is InChI=1S/C13H29N/c1-5-9-11-13(7-3,10-6-2)12-14-8-4/h14H,5-12H2,1-4H3. The van der Waals surface area contributed by atoms with Crippen LogP contribution in [0.3, 0.4) is 0 Å². The Kier molecular flexibility index (Phi) is 8.26. The van der Waals surface area contributed by atoms with E-state index in [2.05, 4.69) is 33.0 Å². The van der Waals surface area contributed by atoms with Crippen molar-refractivity contribution in [2.75, 3.05) is 13.1 Å². The second-order valence-electron chi connectivity index (χ2n) is 4.49. The summed E-state index contributed by atoms with van der Waals surface area (Å²) in [5.41, 5.74) is 0.584. The summed E-state index contributed by atoms with van der Waals surface area (Å²) in [6, 6.07) is 0. The van der Waals surface area contributed by atoms with Gasteiger partial charge in [0.2, 0.25) is 0 Å². The monoisotopic (exact) mass is 199 g/mol. The zero-order valence-electron chi connectivity index (χ0n) is 10.7. The van der Waals surface area contributed by atoms with Crippen molar-refractivity contribution in [1.82, 2.24) is 5.32 Å². The average Bonchev–Trinajstić information content (AvgIpc) is 2.22. The highest BCUT2D eigenvalue weighted by Crippen LogP contribution is 2.33. The molecule has 1 N–H and O–H groups in total. The molecular formula is C13H29N. The molecule has 0 rings (SSSR count). The summed E-state index contributed by atoms with van der Waals surface area (Å²) >= 11 is 0. The predicted octanol–water partition coefficient (Wildman–Crippen LogP) is 3.98. The number of hydrogen-bond donors (Lipinski definition) is 1. The molecule has 0 bridgehead atoms. The first-order chi connectivity index (χ1) is 6.74. The molecule has 1 nitrogen and oxygen atoms in total. The molecule has 0 saturated carbocycles. The highest BCUT2D eigenvalue weighted by molar-refractivity contribution is 4.79. The molecule has 86 valence electrons. The van der Waals surface area contributed by atoms with Crippen molar-refractivity contribution in [3.05, 3.63) is 0 Å². The lowest BCUT2D eigenvalue weighted by molar-refractivity contribution is 0.211. The topological polar surface area (TPSA) is 12.0 Å². The van der Waals surface area contributed by atoms with Crippen molar-refractivity contribution < 1.29 is 0 Å².